The van der Waals surface area contributed by atoms with E-state index in [2.05, 4.69) is 46.8 Å². The molecule has 0 amide bonds. The zero-order valence-electron chi connectivity index (χ0n) is 14.9. The van der Waals surface area contributed by atoms with Crippen molar-refractivity contribution in [2.75, 3.05) is 0 Å². The van der Waals surface area contributed by atoms with E-state index in [0.717, 1.165) is 16.9 Å². The van der Waals surface area contributed by atoms with Gasteiger partial charge < -0.3 is 5.11 Å². The monoisotopic (exact) mass is 306 g/mol. The van der Waals surface area contributed by atoms with E-state index in [4.69, 9.17) is 12.6 Å². The summed E-state index contributed by atoms with van der Waals surface area (Å²) >= 11 is 4.70. The lowest BCUT2D eigenvalue weighted by Crippen LogP contribution is -2.23. The molecular formula is C18H31BOS. The molecule has 0 aromatic heterocycles. The van der Waals surface area contributed by atoms with Gasteiger partial charge in [0.05, 0.1) is 5.60 Å². The molecule has 0 fully saturated rings. The van der Waals surface area contributed by atoms with Crippen molar-refractivity contribution in [2.24, 2.45) is 0 Å². The van der Waals surface area contributed by atoms with Crippen molar-refractivity contribution in [1.82, 2.24) is 0 Å². The Labute approximate surface area is 137 Å². The van der Waals surface area contributed by atoms with Crippen LogP contribution in [0.1, 0.15) is 54.9 Å². The van der Waals surface area contributed by atoms with Gasteiger partial charge in [-0.25, -0.2) is 0 Å². The van der Waals surface area contributed by atoms with E-state index in [9.17, 15) is 5.11 Å². The Bertz CT molecular complexity index is 468. The van der Waals surface area contributed by atoms with E-state index in [1.807, 2.05) is 33.8 Å². The van der Waals surface area contributed by atoms with Gasteiger partial charge in [-0.3, -0.25) is 0 Å². The molecule has 0 radical (unpaired) electrons. The van der Waals surface area contributed by atoms with E-state index >= 15 is 0 Å². The number of allylic oxidation sites excluding steroid dienone is 6. The van der Waals surface area contributed by atoms with Gasteiger partial charge in [-0.15, -0.1) is 12.6 Å². The van der Waals surface area contributed by atoms with Gasteiger partial charge in [0, 0.05) is 4.91 Å². The first-order chi connectivity index (χ1) is 9.45. The molecule has 118 valence electrons. The summed E-state index contributed by atoms with van der Waals surface area (Å²) in [5.41, 5.74) is 2.40. The van der Waals surface area contributed by atoms with Gasteiger partial charge in [0.25, 0.3) is 0 Å². The number of hydrogen-bond acceptors (Lipinski definition) is 2. The standard InChI is InChI=1S/C18H31BOS/c1-8-10-14(9-2)11-12-15(18(6,7)20)16(21)13(3)17(4,5)19/h8-10,12,20-21H,11,19H2,1-7H3/b10-8-,14-9+,15-12+,16-13-. The summed E-state index contributed by atoms with van der Waals surface area (Å²) in [5.74, 6) is 0. The molecule has 0 saturated carbocycles. The van der Waals surface area contributed by atoms with Crippen molar-refractivity contribution in [3.05, 3.63) is 45.9 Å². The first kappa shape index (κ1) is 20.3. The van der Waals surface area contributed by atoms with Crippen molar-refractivity contribution in [3.63, 3.8) is 0 Å². The summed E-state index contributed by atoms with van der Waals surface area (Å²) in [4.78, 5) is 0.894. The van der Waals surface area contributed by atoms with Gasteiger partial charge in [0.15, 0.2) is 0 Å². The molecule has 0 aliphatic carbocycles. The van der Waals surface area contributed by atoms with Crippen LogP contribution in [0.15, 0.2) is 45.9 Å². The largest absolute Gasteiger partial charge is 0.386 e. The van der Waals surface area contributed by atoms with Gasteiger partial charge >= 0.3 is 0 Å². The molecule has 0 rings (SSSR count). The lowest BCUT2D eigenvalue weighted by Gasteiger charge is -2.28. The van der Waals surface area contributed by atoms with Crippen molar-refractivity contribution >= 4 is 20.5 Å². The minimum Gasteiger partial charge on any atom is -0.386 e. The molecule has 1 N–H and O–H groups in total. The molecular weight excluding hydrogens is 275 g/mol. The Morgan fingerprint density at radius 1 is 1.19 bits per heavy atom. The molecule has 0 atom stereocenters. The molecule has 0 aliphatic rings. The van der Waals surface area contributed by atoms with Crippen LogP contribution in [0.2, 0.25) is 5.31 Å². The predicted octanol–water partition coefficient (Wildman–Crippen LogP) is 4.63. The SMILES string of the molecule is BC(C)(C)/C(C)=C(S)/C(=C\CC(/C=C\C)=C/C)C(C)(C)O. The minimum absolute atomic E-state index is 0.0359. The Kier molecular flexibility index (Phi) is 7.84. The van der Waals surface area contributed by atoms with Gasteiger partial charge in [-0.05, 0) is 57.5 Å². The normalized spacial score (nSPS) is 16.4. The number of aliphatic hydroxyl groups is 1. The fourth-order valence-electron chi connectivity index (χ4n) is 1.91. The Morgan fingerprint density at radius 2 is 1.71 bits per heavy atom. The Morgan fingerprint density at radius 3 is 2.05 bits per heavy atom. The summed E-state index contributed by atoms with van der Waals surface area (Å²) in [7, 11) is 2.16. The highest BCUT2D eigenvalue weighted by Gasteiger charge is 2.25. The van der Waals surface area contributed by atoms with Crippen molar-refractivity contribution in [1.29, 1.82) is 0 Å². The number of hydrogen-bond donors (Lipinski definition) is 2. The summed E-state index contributed by atoms with van der Waals surface area (Å²) < 4.78 is 0. The second-order valence-electron chi connectivity index (χ2n) is 6.97. The second kappa shape index (κ2) is 8.10. The van der Waals surface area contributed by atoms with Crippen molar-refractivity contribution in [2.45, 2.75) is 65.8 Å². The van der Waals surface area contributed by atoms with E-state index in [1.165, 1.54) is 11.1 Å². The second-order valence-corrected chi connectivity index (χ2v) is 7.42. The van der Waals surface area contributed by atoms with E-state index in [0.29, 0.717) is 0 Å². The zero-order chi connectivity index (χ0) is 16.8. The fourth-order valence-corrected chi connectivity index (χ4v) is 2.61. The molecule has 0 heterocycles. The maximum atomic E-state index is 10.5. The zero-order valence-corrected chi connectivity index (χ0v) is 15.8. The highest BCUT2D eigenvalue weighted by Crippen LogP contribution is 2.38. The summed E-state index contributed by atoms with van der Waals surface area (Å²) in [6.07, 6.45) is 9.10. The van der Waals surface area contributed by atoms with Crippen LogP contribution in [0, 0.1) is 0 Å². The molecule has 0 saturated heterocycles. The molecule has 0 spiro atoms. The molecule has 0 bridgehead atoms. The van der Waals surface area contributed by atoms with Gasteiger partial charge in [0.2, 0.25) is 0 Å². The van der Waals surface area contributed by atoms with Crippen LogP contribution < -0.4 is 0 Å². The Balaban J connectivity index is 5.74. The quantitative estimate of drug-likeness (QED) is 0.416. The molecule has 0 aliphatic heterocycles. The molecule has 3 heteroatoms. The van der Waals surface area contributed by atoms with Crippen LogP contribution in [0.5, 0.6) is 0 Å². The maximum absolute atomic E-state index is 10.5. The van der Waals surface area contributed by atoms with E-state index in [1.54, 1.807) is 0 Å². The van der Waals surface area contributed by atoms with Gasteiger partial charge in [-0.2, -0.15) is 0 Å². The van der Waals surface area contributed by atoms with Crippen molar-refractivity contribution in [3.8, 4) is 0 Å². The summed E-state index contributed by atoms with van der Waals surface area (Å²) in [6.45, 7) is 14.1. The highest BCUT2D eigenvalue weighted by atomic mass is 32.1. The van der Waals surface area contributed by atoms with Gasteiger partial charge in [-0.1, -0.05) is 43.7 Å². The first-order valence-electron chi connectivity index (χ1n) is 7.56. The predicted molar refractivity (Wildman–Crippen MR) is 102 cm³/mol. The third-order valence-electron chi connectivity index (χ3n) is 3.69. The summed E-state index contributed by atoms with van der Waals surface area (Å²) in [6, 6.07) is 0. The molecule has 0 aromatic carbocycles. The van der Waals surface area contributed by atoms with Crippen LogP contribution in [0.4, 0.5) is 0 Å². The molecule has 21 heavy (non-hydrogen) atoms. The fraction of sp³-hybridized carbons (Fsp3) is 0.556. The topological polar surface area (TPSA) is 20.2 Å². The molecule has 1 nitrogen and oxygen atoms in total. The molecule has 0 aromatic rings. The lowest BCUT2D eigenvalue weighted by molar-refractivity contribution is 0.123. The average molecular weight is 306 g/mol. The number of thiol groups is 1. The average Bonchev–Trinajstić information content (AvgIpc) is 2.33. The maximum Gasteiger partial charge on any atom is 0.114 e. The van der Waals surface area contributed by atoms with Crippen LogP contribution >= 0.6 is 12.6 Å². The summed E-state index contributed by atoms with van der Waals surface area (Å²) in [5, 5.41) is 10.5. The van der Waals surface area contributed by atoms with E-state index in [-0.39, 0.29) is 5.31 Å². The van der Waals surface area contributed by atoms with Crippen LogP contribution in [-0.2, 0) is 0 Å². The number of rotatable bonds is 6. The molecule has 0 unspecified atom stereocenters. The Hall–Kier alpha value is -0.665. The van der Waals surface area contributed by atoms with E-state index < -0.39 is 5.60 Å². The van der Waals surface area contributed by atoms with Crippen LogP contribution in [0.3, 0.4) is 0 Å². The lowest BCUT2D eigenvalue weighted by atomic mass is 9.66. The highest BCUT2D eigenvalue weighted by molar-refractivity contribution is 7.84. The van der Waals surface area contributed by atoms with Crippen LogP contribution in [0.25, 0.3) is 0 Å². The third kappa shape index (κ3) is 6.75. The van der Waals surface area contributed by atoms with Crippen molar-refractivity contribution < 1.29 is 5.11 Å². The first-order valence-corrected chi connectivity index (χ1v) is 8.01. The third-order valence-corrected chi connectivity index (χ3v) is 4.26. The minimum atomic E-state index is -0.904. The smallest absolute Gasteiger partial charge is 0.114 e. The van der Waals surface area contributed by atoms with Crippen LogP contribution in [-0.4, -0.2) is 18.6 Å². The van der Waals surface area contributed by atoms with Gasteiger partial charge in [0.1, 0.15) is 7.85 Å².